The fourth-order valence-corrected chi connectivity index (χ4v) is 1.92. The second-order valence-electron chi connectivity index (χ2n) is 5.13. The van der Waals surface area contributed by atoms with Gasteiger partial charge in [0, 0.05) is 5.02 Å². The van der Waals surface area contributed by atoms with E-state index >= 15 is 0 Å². The van der Waals surface area contributed by atoms with E-state index in [0.717, 1.165) is 36.7 Å². The molecule has 0 fully saturated rings. The first-order chi connectivity index (χ1) is 8.58. The Balaban J connectivity index is 2.16. The van der Waals surface area contributed by atoms with Gasteiger partial charge >= 0.3 is 0 Å². The third-order valence-corrected chi connectivity index (χ3v) is 2.89. The van der Waals surface area contributed by atoms with Crippen molar-refractivity contribution in [2.75, 3.05) is 13.1 Å². The zero-order chi connectivity index (χ0) is 13.4. The van der Waals surface area contributed by atoms with Crippen molar-refractivity contribution in [2.45, 2.75) is 39.7 Å². The first-order valence-electron chi connectivity index (χ1n) is 6.71. The molecule has 0 amide bonds. The summed E-state index contributed by atoms with van der Waals surface area (Å²) in [5, 5.41) is 4.16. The molecular weight excluding hydrogens is 246 g/mol. The number of ether oxygens (including phenoxy) is 1. The van der Waals surface area contributed by atoms with Crippen molar-refractivity contribution in [1.29, 1.82) is 0 Å². The molecule has 2 nitrogen and oxygen atoms in total. The van der Waals surface area contributed by atoms with Gasteiger partial charge in [0.2, 0.25) is 0 Å². The van der Waals surface area contributed by atoms with Crippen LogP contribution in [0.5, 0.6) is 5.75 Å². The number of benzene rings is 1. The second kappa shape index (κ2) is 8.39. The van der Waals surface area contributed by atoms with Crippen LogP contribution in [0.2, 0.25) is 5.02 Å². The molecule has 1 aromatic carbocycles. The molecule has 1 atom stereocenters. The minimum absolute atomic E-state index is 0.226. The van der Waals surface area contributed by atoms with E-state index in [9.17, 15) is 0 Å². The molecule has 1 N–H and O–H groups in total. The summed E-state index contributed by atoms with van der Waals surface area (Å²) in [5.74, 6) is 1.57. The van der Waals surface area contributed by atoms with Crippen molar-refractivity contribution in [3.05, 3.63) is 29.3 Å². The minimum atomic E-state index is 0.226. The lowest BCUT2D eigenvalue weighted by molar-refractivity contribution is 0.207. The SMILES string of the molecule is CC(C)CNCCCC(C)Oc1cccc(Cl)c1. The Bertz CT molecular complexity index is 341. The molecular formula is C15H24ClNO. The maximum absolute atomic E-state index is 5.91. The summed E-state index contributed by atoms with van der Waals surface area (Å²) in [6, 6.07) is 7.57. The molecule has 0 aliphatic heterocycles. The smallest absolute Gasteiger partial charge is 0.121 e. The molecule has 1 unspecified atom stereocenters. The van der Waals surface area contributed by atoms with Gasteiger partial charge in [-0.15, -0.1) is 0 Å². The molecule has 0 spiro atoms. The predicted molar refractivity (Wildman–Crippen MR) is 78.5 cm³/mol. The van der Waals surface area contributed by atoms with Crippen molar-refractivity contribution in [1.82, 2.24) is 5.32 Å². The number of rotatable bonds is 8. The highest BCUT2D eigenvalue weighted by atomic mass is 35.5. The van der Waals surface area contributed by atoms with Crippen LogP contribution in [0.4, 0.5) is 0 Å². The Labute approximate surface area is 116 Å². The molecule has 1 aromatic rings. The maximum atomic E-state index is 5.91. The highest BCUT2D eigenvalue weighted by molar-refractivity contribution is 6.30. The maximum Gasteiger partial charge on any atom is 0.121 e. The van der Waals surface area contributed by atoms with Gasteiger partial charge in [-0.2, -0.15) is 0 Å². The first-order valence-corrected chi connectivity index (χ1v) is 7.08. The Morgan fingerprint density at radius 3 is 2.72 bits per heavy atom. The molecule has 0 aliphatic carbocycles. The lowest BCUT2D eigenvalue weighted by atomic mass is 10.2. The van der Waals surface area contributed by atoms with Gasteiger partial charge in [0.25, 0.3) is 0 Å². The van der Waals surface area contributed by atoms with Gasteiger partial charge in [-0.3, -0.25) is 0 Å². The van der Waals surface area contributed by atoms with Crippen LogP contribution in [0, 0.1) is 5.92 Å². The first kappa shape index (κ1) is 15.3. The monoisotopic (exact) mass is 269 g/mol. The number of halogens is 1. The van der Waals surface area contributed by atoms with E-state index in [2.05, 4.69) is 26.1 Å². The molecule has 0 bridgehead atoms. The lowest BCUT2D eigenvalue weighted by Crippen LogP contribution is -2.22. The van der Waals surface area contributed by atoms with Crippen molar-refractivity contribution in [3.8, 4) is 5.75 Å². The van der Waals surface area contributed by atoms with Gasteiger partial charge in [-0.25, -0.2) is 0 Å². The molecule has 0 aromatic heterocycles. The van der Waals surface area contributed by atoms with Gasteiger partial charge in [-0.05, 0) is 57.0 Å². The molecule has 1 rings (SSSR count). The molecule has 0 saturated heterocycles. The number of hydrogen-bond acceptors (Lipinski definition) is 2. The Kier molecular flexibility index (Phi) is 7.14. The topological polar surface area (TPSA) is 21.3 Å². The number of nitrogens with one attached hydrogen (secondary N) is 1. The van der Waals surface area contributed by atoms with Crippen molar-refractivity contribution in [3.63, 3.8) is 0 Å². The van der Waals surface area contributed by atoms with E-state index in [1.807, 2.05) is 24.3 Å². The number of hydrogen-bond donors (Lipinski definition) is 1. The zero-order valence-corrected chi connectivity index (χ0v) is 12.3. The fraction of sp³-hybridized carbons (Fsp3) is 0.600. The van der Waals surface area contributed by atoms with Crippen LogP contribution in [0.3, 0.4) is 0 Å². The molecule has 3 heteroatoms. The van der Waals surface area contributed by atoms with Crippen LogP contribution in [0.1, 0.15) is 33.6 Å². The average molecular weight is 270 g/mol. The summed E-state index contributed by atoms with van der Waals surface area (Å²) < 4.78 is 5.81. The summed E-state index contributed by atoms with van der Waals surface area (Å²) in [5.41, 5.74) is 0. The predicted octanol–water partition coefficient (Wildman–Crippen LogP) is 4.13. The van der Waals surface area contributed by atoms with Gasteiger partial charge in [0.05, 0.1) is 6.10 Å². The quantitative estimate of drug-likeness (QED) is 0.717. The van der Waals surface area contributed by atoms with E-state index in [1.54, 1.807) is 0 Å². The normalized spacial score (nSPS) is 12.7. The van der Waals surface area contributed by atoms with Crippen LogP contribution >= 0.6 is 11.6 Å². The largest absolute Gasteiger partial charge is 0.491 e. The molecule has 0 radical (unpaired) electrons. The van der Waals surface area contributed by atoms with Gasteiger partial charge in [0.1, 0.15) is 5.75 Å². The average Bonchev–Trinajstić information content (AvgIpc) is 2.28. The van der Waals surface area contributed by atoms with Crippen molar-refractivity contribution in [2.24, 2.45) is 5.92 Å². The van der Waals surface area contributed by atoms with Crippen LogP contribution in [0.25, 0.3) is 0 Å². The van der Waals surface area contributed by atoms with Crippen molar-refractivity contribution >= 4 is 11.6 Å². The molecule has 0 aliphatic rings. The van der Waals surface area contributed by atoms with E-state index in [1.165, 1.54) is 0 Å². The highest BCUT2D eigenvalue weighted by Crippen LogP contribution is 2.19. The standard InChI is InChI=1S/C15H24ClNO/c1-12(2)11-17-9-5-6-13(3)18-15-8-4-7-14(16)10-15/h4,7-8,10,12-13,17H,5-6,9,11H2,1-3H3. The molecule has 102 valence electrons. The zero-order valence-electron chi connectivity index (χ0n) is 11.6. The minimum Gasteiger partial charge on any atom is -0.491 e. The van der Waals surface area contributed by atoms with Crippen LogP contribution in [0.15, 0.2) is 24.3 Å². The summed E-state index contributed by atoms with van der Waals surface area (Å²) in [7, 11) is 0. The van der Waals surface area contributed by atoms with Gasteiger partial charge in [-0.1, -0.05) is 31.5 Å². The van der Waals surface area contributed by atoms with Crippen LogP contribution < -0.4 is 10.1 Å². The Hall–Kier alpha value is -0.730. The molecule has 18 heavy (non-hydrogen) atoms. The summed E-state index contributed by atoms with van der Waals surface area (Å²) >= 11 is 5.91. The van der Waals surface area contributed by atoms with E-state index in [-0.39, 0.29) is 6.10 Å². The lowest BCUT2D eigenvalue weighted by Gasteiger charge is -2.15. The third-order valence-electron chi connectivity index (χ3n) is 2.65. The van der Waals surface area contributed by atoms with Crippen LogP contribution in [-0.4, -0.2) is 19.2 Å². The Morgan fingerprint density at radius 1 is 1.28 bits per heavy atom. The molecule has 0 saturated carbocycles. The fourth-order valence-electron chi connectivity index (χ4n) is 1.74. The molecule has 0 heterocycles. The van der Waals surface area contributed by atoms with E-state index in [0.29, 0.717) is 5.92 Å². The second-order valence-corrected chi connectivity index (χ2v) is 5.56. The van der Waals surface area contributed by atoms with Gasteiger partial charge in [0.15, 0.2) is 0 Å². The van der Waals surface area contributed by atoms with Crippen LogP contribution in [-0.2, 0) is 0 Å². The van der Waals surface area contributed by atoms with Gasteiger partial charge < -0.3 is 10.1 Å². The van der Waals surface area contributed by atoms with E-state index in [4.69, 9.17) is 16.3 Å². The van der Waals surface area contributed by atoms with E-state index < -0.39 is 0 Å². The van der Waals surface area contributed by atoms with Crippen molar-refractivity contribution < 1.29 is 4.74 Å². The third kappa shape index (κ3) is 6.87. The summed E-state index contributed by atoms with van der Waals surface area (Å²) in [6.07, 6.45) is 2.41. The summed E-state index contributed by atoms with van der Waals surface area (Å²) in [4.78, 5) is 0. The highest BCUT2D eigenvalue weighted by Gasteiger charge is 2.04. The Morgan fingerprint density at radius 2 is 2.06 bits per heavy atom. The summed E-state index contributed by atoms with van der Waals surface area (Å²) in [6.45, 7) is 8.68.